The van der Waals surface area contributed by atoms with Gasteiger partial charge in [0, 0.05) is 12.7 Å². The smallest absolute Gasteiger partial charge is 0.350 e. The summed E-state index contributed by atoms with van der Waals surface area (Å²) in [5.41, 5.74) is -1.20. The van der Waals surface area contributed by atoms with Crippen molar-refractivity contribution in [3.63, 3.8) is 0 Å². The van der Waals surface area contributed by atoms with Crippen LogP contribution in [-0.4, -0.2) is 31.1 Å². The van der Waals surface area contributed by atoms with E-state index in [2.05, 4.69) is 10.3 Å². The molecule has 1 N–H and O–H groups in total. The second kappa shape index (κ2) is 7.91. The number of benzene rings is 1. The number of halogens is 5. The van der Waals surface area contributed by atoms with Gasteiger partial charge < -0.3 is 5.32 Å². The van der Waals surface area contributed by atoms with E-state index in [0.29, 0.717) is 17.2 Å². The topological polar surface area (TPSA) is 76.1 Å². The molecule has 1 aromatic carbocycles. The summed E-state index contributed by atoms with van der Waals surface area (Å²) in [4.78, 5) is 15.2. The van der Waals surface area contributed by atoms with Crippen LogP contribution in [0.1, 0.15) is 28.9 Å². The number of nitrogens with one attached hydrogen (secondary N) is 1. The number of alkyl halides is 3. The van der Waals surface area contributed by atoms with Gasteiger partial charge in [-0.3, -0.25) is 4.79 Å². The molecule has 3 rings (SSSR count). The van der Waals surface area contributed by atoms with E-state index in [4.69, 9.17) is 11.6 Å². The third-order valence-electron chi connectivity index (χ3n) is 4.67. The second-order valence-corrected chi connectivity index (χ2v) is 9.41. The number of nitrogens with zero attached hydrogens (tertiary/aromatic N) is 1. The quantitative estimate of drug-likeness (QED) is 0.701. The molecule has 1 aliphatic rings. The predicted octanol–water partition coefficient (Wildman–Crippen LogP) is 3.88. The van der Waals surface area contributed by atoms with Crippen LogP contribution in [-0.2, 0) is 16.0 Å². The first-order valence-electron chi connectivity index (χ1n) is 8.48. The van der Waals surface area contributed by atoms with Gasteiger partial charge in [-0.15, -0.1) is 0 Å². The molecule has 5 nitrogen and oxygen atoms in total. The lowest BCUT2D eigenvalue weighted by atomic mass is 9.85. The SMILES string of the molecule is O=C(NC[C@H]1C[C@H](S(=O)(=O)c2cc(F)cc(C(F)(F)F)c2)C1)c1ccc(Cl)cn1. The molecule has 29 heavy (non-hydrogen) atoms. The van der Waals surface area contributed by atoms with E-state index in [-0.39, 0.29) is 37.1 Å². The summed E-state index contributed by atoms with van der Waals surface area (Å²) in [6.45, 7) is 0.187. The fraction of sp³-hybridized carbons (Fsp3) is 0.333. The highest BCUT2D eigenvalue weighted by atomic mass is 35.5. The van der Waals surface area contributed by atoms with Crippen molar-refractivity contribution in [2.24, 2.45) is 5.92 Å². The number of rotatable bonds is 5. The first-order valence-corrected chi connectivity index (χ1v) is 10.4. The van der Waals surface area contributed by atoms with Gasteiger partial charge in [-0.1, -0.05) is 11.6 Å². The molecule has 11 heteroatoms. The van der Waals surface area contributed by atoms with Crippen molar-refractivity contribution < 1.29 is 30.8 Å². The third-order valence-corrected chi connectivity index (χ3v) is 7.05. The summed E-state index contributed by atoms with van der Waals surface area (Å²) in [6.07, 6.45) is -3.24. The van der Waals surface area contributed by atoms with Gasteiger partial charge in [-0.2, -0.15) is 13.2 Å². The summed E-state index contributed by atoms with van der Waals surface area (Å²) in [5, 5.41) is 2.07. The Balaban J connectivity index is 1.61. The molecule has 1 fully saturated rings. The summed E-state index contributed by atoms with van der Waals surface area (Å²) in [5.74, 6) is -1.88. The fourth-order valence-corrected chi connectivity index (χ4v) is 5.13. The highest BCUT2D eigenvalue weighted by Gasteiger charge is 2.41. The number of sulfone groups is 1. The van der Waals surface area contributed by atoms with Gasteiger partial charge in [-0.25, -0.2) is 17.8 Å². The molecule has 0 bridgehead atoms. The minimum atomic E-state index is -4.85. The summed E-state index contributed by atoms with van der Waals surface area (Å²) in [7, 11) is -4.12. The van der Waals surface area contributed by atoms with Crippen LogP contribution >= 0.6 is 11.6 Å². The monoisotopic (exact) mass is 450 g/mol. The average Bonchev–Trinajstić information content (AvgIpc) is 2.59. The van der Waals surface area contributed by atoms with Gasteiger partial charge in [0.15, 0.2) is 9.84 Å². The Labute approximate surface area is 169 Å². The van der Waals surface area contributed by atoms with E-state index in [1.54, 1.807) is 0 Å². The van der Waals surface area contributed by atoms with Crippen LogP contribution in [0.15, 0.2) is 41.4 Å². The summed E-state index contributed by atoms with van der Waals surface area (Å²) < 4.78 is 77.1. The van der Waals surface area contributed by atoms with Gasteiger partial charge in [0.05, 0.1) is 20.7 Å². The molecule has 0 unspecified atom stereocenters. The Morgan fingerprint density at radius 3 is 2.48 bits per heavy atom. The Morgan fingerprint density at radius 1 is 1.21 bits per heavy atom. The standard InChI is InChI=1S/C18H15ClF4N2O3S/c19-12-1-2-16(24-9-12)17(26)25-8-10-3-14(4-10)29(27,28)15-6-11(18(21,22)23)5-13(20)7-15/h1-2,5-7,9-10,14H,3-4,8H2,(H,25,26)/t10-,14-. The zero-order valence-electron chi connectivity index (χ0n) is 14.7. The van der Waals surface area contributed by atoms with Gasteiger partial charge in [0.1, 0.15) is 11.5 Å². The lowest BCUT2D eigenvalue weighted by molar-refractivity contribution is -0.137. The van der Waals surface area contributed by atoms with Crippen molar-refractivity contribution in [1.29, 1.82) is 0 Å². The van der Waals surface area contributed by atoms with Crippen molar-refractivity contribution in [2.75, 3.05) is 6.54 Å². The lowest BCUT2D eigenvalue weighted by Gasteiger charge is -2.35. The normalized spacial score (nSPS) is 19.5. The number of carbonyl (C=O) groups is 1. The minimum Gasteiger partial charge on any atom is -0.350 e. The summed E-state index contributed by atoms with van der Waals surface area (Å²) >= 11 is 5.69. The Kier molecular flexibility index (Phi) is 5.86. The first-order chi connectivity index (χ1) is 13.5. The molecule has 1 amide bonds. The van der Waals surface area contributed by atoms with Crippen molar-refractivity contribution in [1.82, 2.24) is 10.3 Å². The van der Waals surface area contributed by atoms with Gasteiger partial charge in [0.25, 0.3) is 5.91 Å². The molecule has 1 saturated carbocycles. The molecule has 2 aromatic rings. The molecule has 1 aromatic heterocycles. The maximum absolute atomic E-state index is 13.5. The number of hydrogen-bond donors (Lipinski definition) is 1. The van der Waals surface area contributed by atoms with Gasteiger partial charge in [-0.05, 0) is 49.1 Å². The van der Waals surface area contributed by atoms with Crippen LogP contribution in [0.4, 0.5) is 17.6 Å². The van der Waals surface area contributed by atoms with E-state index in [9.17, 15) is 30.8 Å². The number of hydrogen-bond acceptors (Lipinski definition) is 4. The van der Waals surface area contributed by atoms with E-state index < -0.39 is 43.4 Å². The molecule has 0 saturated heterocycles. The van der Waals surface area contributed by atoms with Crippen LogP contribution in [0.2, 0.25) is 5.02 Å². The van der Waals surface area contributed by atoms with Crippen molar-refractivity contribution in [3.05, 3.63) is 58.6 Å². The molecule has 0 radical (unpaired) electrons. The Bertz CT molecular complexity index is 1020. The molecular weight excluding hydrogens is 436 g/mol. The van der Waals surface area contributed by atoms with Gasteiger partial charge in [0.2, 0.25) is 0 Å². The van der Waals surface area contributed by atoms with E-state index in [1.165, 1.54) is 18.3 Å². The highest BCUT2D eigenvalue weighted by Crippen LogP contribution is 2.38. The third kappa shape index (κ3) is 4.87. The zero-order valence-corrected chi connectivity index (χ0v) is 16.3. The molecule has 0 spiro atoms. The van der Waals surface area contributed by atoms with E-state index in [1.807, 2.05) is 0 Å². The Morgan fingerprint density at radius 2 is 1.90 bits per heavy atom. The van der Waals surface area contributed by atoms with Crippen molar-refractivity contribution >= 4 is 27.3 Å². The number of carbonyl (C=O) groups excluding carboxylic acids is 1. The van der Waals surface area contributed by atoms with Crippen LogP contribution in [0.25, 0.3) is 0 Å². The number of amides is 1. The molecule has 0 atom stereocenters. The molecule has 1 aliphatic carbocycles. The Hall–Kier alpha value is -2.20. The lowest BCUT2D eigenvalue weighted by Crippen LogP contribution is -2.42. The molecule has 156 valence electrons. The molecule has 1 heterocycles. The van der Waals surface area contributed by atoms with Crippen LogP contribution in [0.3, 0.4) is 0 Å². The largest absolute Gasteiger partial charge is 0.416 e. The molecule has 0 aliphatic heterocycles. The van der Waals surface area contributed by atoms with Crippen LogP contribution in [0, 0.1) is 11.7 Å². The highest BCUT2D eigenvalue weighted by molar-refractivity contribution is 7.92. The number of aromatic nitrogens is 1. The zero-order chi connectivity index (χ0) is 21.4. The maximum atomic E-state index is 13.5. The van der Waals surface area contributed by atoms with Crippen molar-refractivity contribution in [2.45, 2.75) is 29.2 Å². The first kappa shape index (κ1) is 21.5. The van der Waals surface area contributed by atoms with E-state index in [0.717, 1.165) is 0 Å². The average molecular weight is 451 g/mol. The van der Waals surface area contributed by atoms with Crippen LogP contribution in [0.5, 0.6) is 0 Å². The molecular formula is C18H15ClF4N2O3S. The fourth-order valence-electron chi connectivity index (χ4n) is 3.02. The minimum absolute atomic E-state index is 0.147. The second-order valence-electron chi connectivity index (χ2n) is 6.75. The van der Waals surface area contributed by atoms with Gasteiger partial charge >= 0.3 is 6.18 Å². The maximum Gasteiger partial charge on any atom is 0.416 e. The van der Waals surface area contributed by atoms with Crippen molar-refractivity contribution in [3.8, 4) is 0 Å². The van der Waals surface area contributed by atoms with Crippen LogP contribution < -0.4 is 5.32 Å². The predicted molar refractivity (Wildman–Crippen MR) is 96.7 cm³/mol. The van der Waals surface area contributed by atoms with E-state index >= 15 is 0 Å². The number of pyridine rings is 1. The summed E-state index contributed by atoms with van der Waals surface area (Å²) in [6, 6.07) is 4.23.